The summed E-state index contributed by atoms with van der Waals surface area (Å²) in [6.45, 7) is 5.60. The molecule has 1 amide bonds. The SMILES string of the molecule is COCCn1cc(-c2cc(Nc3cc(-c4cccnc4)nc([C@@H]4CC[C@H](C)N(C(C)=O)C4)n3)ccn2)cn1. The van der Waals surface area contributed by atoms with E-state index < -0.39 is 0 Å². The van der Waals surface area contributed by atoms with Crippen LogP contribution in [0.1, 0.15) is 38.4 Å². The number of nitrogens with zero attached hydrogens (tertiary/aromatic N) is 7. The number of hydrogen-bond acceptors (Lipinski definition) is 8. The lowest BCUT2D eigenvalue weighted by Gasteiger charge is -2.37. The molecule has 10 nitrogen and oxygen atoms in total. The van der Waals surface area contributed by atoms with Gasteiger partial charge in [0.15, 0.2) is 0 Å². The third-order valence-electron chi connectivity index (χ3n) is 6.84. The van der Waals surface area contributed by atoms with Crippen LogP contribution in [0.15, 0.2) is 61.3 Å². The van der Waals surface area contributed by atoms with Gasteiger partial charge in [0.1, 0.15) is 11.6 Å². The molecule has 1 fully saturated rings. The number of likely N-dealkylation sites (tertiary alicyclic amines) is 1. The normalized spacial score (nSPS) is 17.4. The van der Waals surface area contributed by atoms with Crippen LogP contribution >= 0.6 is 0 Å². The van der Waals surface area contributed by atoms with Crippen LogP contribution in [0.25, 0.3) is 22.5 Å². The summed E-state index contributed by atoms with van der Waals surface area (Å²) in [6, 6.07) is 9.91. The van der Waals surface area contributed by atoms with Gasteiger partial charge in [0.05, 0.1) is 30.7 Å². The summed E-state index contributed by atoms with van der Waals surface area (Å²) in [5, 5.41) is 7.85. The van der Waals surface area contributed by atoms with Gasteiger partial charge >= 0.3 is 0 Å². The summed E-state index contributed by atoms with van der Waals surface area (Å²) in [6.07, 6.45) is 10.9. The van der Waals surface area contributed by atoms with Crippen LogP contribution in [0, 0.1) is 0 Å². The van der Waals surface area contributed by atoms with Crippen molar-refractivity contribution in [1.82, 2.24) is 34.6 Å². The number of piperidine rings is 1. The number of hydrogen-bond donors (Lipinski definition) is 1. The van der Waals surface area contributed by atoms with E-state index in [0.29, 0.717) is 25.5 Å². The predicted octanol–water partition coefficient (Wildman–Crippen LogP) is 4.30. The smallest absolute Gasteiger partial charge is 0.219 e. The van der Waals surface area contributed by atoms with Gasteiger partial charge in [0.2, 0.25) is 5.91 Å². The molecule has 0 unspecified atom stereocenters. The fraction of sp³-hybridized carbons (Fsp3) is 0.357. The third-order valence-corrected chi connectivity index (χ3v) is 6.84. The van der Waals surface area contributed by atoms with E-state index in [1.54, 1.807) is 38.8 Å². The molecule has 38 heavy (non-hydrogen) atoms. The molecule has 0 aromatic carbocycles. The number of rotatable bonds is 8. The van der Waals surface area contributed by atoms with Crippen molar-refractivity contribution in [3.8, 4) is 22.5 Å². The molecule has 0 aliphatic carbocycles. The average Bonchev–Trinajstić information content (AvgIpc) is 3.41. The first-order valence-electron chi connectivity index (χ1n) is 12.8. The zero-order chi connectivity index (χ0) is 26.5. The van der Waals surface area contributed by atoms with Crippen molar-refractivity contribution >= 4 is 17.4 Å². The summed E-state index contributed by atoms with van der Waals surface area (Å²) >= 11 is 0. The quantitative estimate of drug-likeness (QED) is 0.372. The van der Waals surface area contributed by atoms with E-state index in [-0.39, 0.29) is 17.9 Å². The van der Waals surface area contributed by atoms with E-state index in [1.807, 2.05) is 46.1 Å². The Kier molecular flexibility index (Phi) is 7.69. The van der Waals surface area contributed by atoms with Gasteiger partial charge in [-0.05, 0) is 44.0 Å². The second-order valence-electron chi connectivity index (χ2n) is 9.57. The highest BCUT2D eigenvalue weighted by molar-refractivity contribution is 5.74. The predicted molar refractivity (Wildman–Crippen MR) is 145 cm³/mol. The molecule has 4 aromatic heterocycles. The molecule has 0 radical (unpaired) electrons. The molecule has 0 spiro atoms. The Balaban J connectivity index is 1.45. The monoisotopic (exact) mass is 512 g/mol. The maximum Gasteiger partial charge on any atom is 0.219 e. The topological polar surface area (TPSA) is 111 Å². The maximum atomic E-state index is 12.2. The number of carbonyl (C=O) groups excluding carboxylic acids is 1. The van der Waals surface area contributed by atoms with Gasteiger partial charge < -0.3 is 15.0 Å². The summed E-state index contributed by atoms with van der Waals surface area (Å²) in [7, 11) is 1.67. The Bertz CT molecular complexity index is 1390. The van der Waals surface area contributed by atoms with Crippen molar-refractivity contribution in [1.29, 1.82) is 0 Å². The van der Waals surface area contributed by atoms with E-state index in [0.717, 1.165) is 46.9 Å². The van der Waals surface area contributed by atoms with E-state index in [9.17, 15) is 4.79 Å². The van der Waals surface area contributed by atoms with E-state index in [1.165, 1.54) is 0 Å². The summed E-state index contributed by atoms with van der Waals surface area (Å²) in [5.41, 5.74) is 4.27. The Hall–Kier alpha value is -4.18. The molecule has 1 saturated heterocycles. The molecule has 10 heteroatoms. The first-order valence-corrected chi connectivity index (χ1v) is 12.8. The molecule has 196 valence electrons. The van der Waals surface area contributed by atoms with Gasteiger partial charge in [-0.1, -0.05) is 0 Å². The van der Waals surface area contributed by atoms with Crippen molar-refractivity contribution in [3.63, 3.8) is 0 Å². The summed E-state index contributed by atoms with van der Waals surface area (Å²) in [5.74, 6) is 1.53. The minimum Gasteiger partial charge on any atom is -0.383 e. The van der Waals surface area contributed by atoms with Gasteiger partial charge in [-0.3, -0.25) is 19.4 Å². The lowest BCUT2D eigenvalue weighted by Crippen LogP contribution is -2.44. The fourth-order valence-corrected chi connectivity index (χ4v) is 4.75. The number of nitrogens with one attached hydrogen (secondary N) is 1. The molecular formula is C28H32N8O2. The number of anilines is 2. The van der Waals surface area contributed by atoms with Crippen LogP contribution < -0.4 is 5.32 Å². The van der Waals surface area contributed by atoms with Crippen LogP contribution in [0.5, 0.6) is 0 Å². The molecule has 1 N–H and O–H groups in total. The Morgan fingerprint density at radius 3 is 2.79 bits per heavy atom. The fourth-order valence-electron chi connectivity index (χ4n) is 4.75. The van der Waals surface area contributed by atoms with Gasteiger partial charge in [-0.2, -0.15) is 5.10 Å². The highest BCUT2D eigenvalue weighted by Gasteiger charge is 2.30. The van der Waals surface area contributed by atoms with E-state index >= 15 is 0 Å². The number of methoxy groups -OCH3 is 1. The van der Waals surface area contributed by atoms with Crippen molar-refractivity contribution in [3.05, 3.63) is 67.1 Å². The minimum absolute atomic E-state index is 0.0539. The number of aromatic nitrogens is 6. The Labute approximate surface area is 222 Å². The van der Waals surface area contributed by atoms with Crippen LogP contribution in [-0.4, -0.2) is 66.8 Å². The molecule has 0 bridgehead atoms. The molecule has 2 atom stereocenters. The summed E-state index contributed by atoms with van der Waals surface area (Å²) in [4.78, 5) is 32.8. The van der Waals surface area contributed by atoms with E-state index in [4.69, 9.17) is 14.7 Å². The van der Waals surface area contributed by atoms with Gasteiger partial charge in [-0.25, -0.2) is 9.97 Å². The zero-order valence-corrected chi connectivity index (χ0v) is 21.9. The molecule has 1 aliphatic heterocycles. The number of pyridine rings is 2. The Morgan fingerprint density at radius 2 is 2.00 bits per heavy atom. The first kappa shape index (κ1) is 25.5. The van der Waals surface area contributed by atoms with Crippen molar-refractivity contribution in [2.45, 2.75) is 45.2 Å². The van der Waals surface area contributed by atoms with Gasteiger partial charge in [0.25, 0.3) is 0 Å². The van der Waals surface area contributed by atoms with E-state index in [2.05, 4.69) is 27.3 Å². The molecule has 0 saturated carbocycles. The minimum atomic E-state index is 0.0539. The molecule has 5 rings (SSSR count). The number of ether oxygens (including phenoxy) is 1. The standard InChI is InChI=1S/C28H32N8O2/c1-19-6-7-22(18-36(19)20(2)37)28-33-26(21-5-4-9-29-15-21)14-27(34-28)32-24-8-10-30-25(13-24)23-16-31-35(17-23)11-12-38-3/h4-5,8-10,13-17,19,22H,6-7,11-12,18H2,1-3H3,(H,30,32,33,34)/t19-,22+/m0/s1. The average molecular weight is 513 g/mol. The molecule has 4 aromatic rings. The van der Waals surface area contributed by atoms with Gasteiger partial charge in [-0.15, -0.1) is 0 Å². The Morgan fingerprint density at radius 1 is 1.11 bits per heavy atom. The van der Waals surface area contributed by atoms with Crippen LogP contribution in [0.4, 0.5) is 11.5 Å². The lowest BCUT2D eigenvalue weighted by atomic mass is 9.92. The van der Waals surface area contributed by atoms with Crippen molar-refractivity contribution in [2.75, 3.05) is 25.6 Å². The highest BCUT2D eigenvalue weighted by atomic mass is 16.5. The zero-order valence-electron chi connectivity index (χ0n) is 21.9. The largest absolute Gasteiger partial charge is 0.383 e. The second kappa shape index (κ2) is 11.5. The molecular weight excluding hydrogens is 480 g/mol. The van der Waals surface area contributed by atoms with Crippen LogP contribution in [0.2, 0.25) is 0 Å². The van der Waals surface area contributed by atoms with Crippen LogP contribution in [-0.2, 0) is 16.1 Å². The first-order chi connectivity index (χ1) is 18.5. The van der Waals surface area contributed by atoms with Crippen molar-refractivity contribution < 1.29 is 9.53 Å². The maximum absolute atomic E-state index is 12.2. The van der Waals surface area contributed by atoms with Gasteiger partial charge in [0, 0.05) is 80.2 Å². The molecule has 1 aliphatic rings. The molecule has 5 heterocycles. The second-order valence-corrected chi connectivity index (χ2v) is 9.57. The summed E-state index contributed by atoms with van der Waals surface area (Å²) < 4.78 is 6.98. The van der Waals surface area contributed by atoms with Crippen LogP contribution in [0.3, 0.4) is 0 Å². The lowest BCUT2D eigenvalue weighted by molar-refractivity contribution is -0.132. The van der Waals surface area contributed by atoms with Crippen molar-refractivity contribution in [2.24, 2.45) is 0 Å². The third kappa shape index (κ3) is 5.86. The number of carbonyl (C=O) groups is 1. The number of amides is 1. The highest BCUT2D eigenvalue weighted by Crippen LogP contribution is 2.31.